The van der Waals surface area contributed by atoms with E-state index >= 15 is 0 Å². The Bertz CT molecular complexity index is 271. The lowest BCUT2D eigenvalue weighted by Crippen LogP contribution is -2.31. The molecule has 0 fully saturated rings. The van der Waals surface area contributed by atoms with E-state index in [1.165, 1.54) is 0 Å². The highest BCUT2D eigenvalue weighted by molar-refractivity contribution is 5.77. The van der Waals surface area contributed by atoms with Gasteiger partial charge in [0.05, 0.1) is 13.2 Å². The van der Waals surface area contributed by atoms with E-state index in [9.17, 15) is 9.59 Å². The first-order chi connectivity index (χ1) is 10.6. The molecular formula is C16H34N2O4. The highest BCUT2D eigenvalue weighted by Gasteiger charge is 2.02. The maximum Gasteiger partial charge on any atom is 0.246 e. The van der Waals surface area contributed by atoms with E-state index in [-0.39, 0.29) is 18.4 Å². The number of ether oxygens (including phenoxy) is 2. The second-order valence-corrected chi connectivity index (χ2v) is 4.90. The second kappa shape index (κ2) is 17.9. The third kappa shape index (κ3) is 18.9. The predicted molar refractivity (Wildman–Crippen MR) is 88.8 cm³/mol. The Morgan fingerprint density at radius 1 is 0.955 bits per heavy atom. The molecule has 2 N–H and O–H groups in total. The van der Waals surface area contributed by atoms with Gasteiger partial charge in [-0.3, -0.25) is 9.59 Å². The zero-order valence-electron chi connectivity index (χ0n) is 14.9. The van der Waals surface area contributed by atoms with Gasteiger partial charge in [0.25, 0.3) is 0 Å². The summed E-state index contributed by atoms with van der Waals surface area (Å²) in [5.41, 5.74) is 0. The van der Waals surface area contributed by atoms with Gasteiger partial charge in [0.2, 0.25) is 11.8 Å². The van der Waals surface area contributed by atoms with Crippen molar-refractivity contribution in [1.29, 1.82) is 0 Å². The lowest BCUT2D eigenvalue weighted by molar-refractivity contribution is -0.126. The van der Waals surface area contributed by atoms with Crippen LogP contribution in [-0.2, 0) is 19.1 Å². The lowest BCUT2D eigenvalue weighted by atomic mass is 10.1. The van der Waals surface area contributed by atoms with E-state index < -0.39 is 0 Å². The number of nitrogens with one attached hydrogen (secondary N) is 2. The van der Waals surface area contributed by atoms with Crippen LogP contribution >= 0.6 is 0 Å². The number of carbonyl (C=O) groups excluding carboxylic acids is 2. The van der Waals surface area contributed by atoms with Gasteiger partial charge in [-0.1, -0.05) is 27.7 Å². The van der Waals surface area contributed by atoms with Crippen LogP contribution in [0.3, 0.4) is 0 Å². The molecule has 0 atom stereocenters. The SMILES string of the molecule is CC.CCNC(=O)CCOCCNC(=O)COCCC(C)C. The molecule has 6 heteroatoms. The van der Waals surface area contributed by atoms with E-state index in [0.29, 0.717) is 45.2 Å². The summed E-state index contributed by atoms with van der Waals surface area (Å²) in [5, 5.41) is 5.38. The number of amides is 2. The molecule has 6 nitrogen and oxygen atoms in total. The highest BCUT2D eigenvalue weighted by Crippen LogP contribution is 1.98. The Labute approximate surface area is 135 Å². The summed E-state index contributed by atoms with van der Waals surface area (Å²) in [6, 6.07) is 0. The smallest absolute Gasteiger partial charge is 0.246 e. The van der Waals surface area contributed by atoms with Crippen LogP contribution in [0.1, 0.15) is 47.5 Å². The fraction of sp³-hybridized carbons (Fsp3) is 0.875. The summed E-state index contributed by atoms with van der Waals surface area (Å²) in [6.45, 7) is 12.6. The normalized spacial score (nSPS) is 9.91. The molecule has 0 radical (unpaired) electrons. The van der Waals surface area contributed by atoms with Crippen molar-refractivity contribution in [2.24, 2.45) is 5.92 Å². The van der Waals surface area contributed by atoms with Crippen molar-refractivity contribution in [3.63, 3.8) is 0 Å². The van der Waals surface area contributed by atoms with Gasteiger partial charge >= 0.3 is 0 Å². The average Bonchev–Trinajstić information content (AvgIpc) is 2.49. The molecule has 2 amide bonds. The monoisotopic (exact) mass is 318 g/mol. The third-order valence-corrected chi connectivity index (χ3v) is 2.49. The van der Waals surface area contributed by atoms with Crippen LogP contribution in [0.25, 0.3) is 0 Å². The summed E-state index contributed by atoms with van der Waals surface area (Å²) in [4.78, 5) is 22.5. The average molecular weight is 318 g/mol. The summed E-state index contributed by atoms with van der Waals surface area (Å²) in [6.07, 6.45) is 1.30. The van der Waals surface area contributed by atoms with Crippen LogP contribution < -0.4 is 10.6 Å². The maximum absolute atomic E-state index is 11.4. The first kappa shape index (κ1) is 23.1. The van der Waals surface area contributed by atoms with Crippen molar-refractivity contribution >= 4 is 11.8 Å². The van der Waals surface area contributed by atoms with Crippen LogP contribution in [0, 0.1) is 5.92 Å². The van der Waals surface area contributed by atoms with Gasteiger partial charge in [0.15, 0.2) is 0 Å². The van der Waals surface area contributed by atoms with Crippen molar-refractivity contribution in [2.75, 3.05) is 39.5 Å². The summed E-state index contributed by atoms with van der Waals surface area (Å²) in [5.74, 6) is 0.424. The molecule has 0 rings (SSSR count). The van der Waals surface area contributed by atoms with Crippen molar-refractivity contribution in [3.05, 3.63) is 0 Å². The van der Waals surface area contributed by atoms with Crippen molar-refractivity contribution < 1.29 is 19.1 Å². The predicted octanol–water partition coefficient (Wildman–Crippen LogP) is 1.73. The van der Waals surface area contributed by atoms with Gasteiger partial charge in [-0.2, -0.15) is 0 Å². The lowest BCUT2D eigenvalue weighted by Gasteiger charge is -2.08. The summed E-state index contributed by atoms with van der Waals surface area (Å²) < 4.78 is 10.5. The molecule has 0 aromatic rings. The van der Waals surface area contributed by atoms with Crippen LogP contribution in [0.5, 0.6) is 0 Å². The molecule has 22 heavy (non-hydrogen) atoms. The van der Waals surface area contributed by atoms with Gasteiger partial charge in [0.1, 0.15) is 6.61 Å². The molecule has 0 aliphatic rings. The van der Waals surface area contributed by atoms with Gasteiger partial charge < -0.3 is 20.1 Å². The molecule has 132 valence electrons. The summed E-state index contributed by atoms with van der Waals surface area (Å²) in [7, 11) is 0. The Morgan fingerprint density at radius 2 is 1.64 bits per heavy atom. The Morgan fingerprint density at radius 3 is 2.23 bits per heavy atom. The van der Waals surface area contributed by atoms with Crippen molar-refractivity contribution in [2.45, 2.75) is 47.5 Å². The zero-order chi connectivity index (χ0) is 17.2. The number of carbonyl (C=O) groups is 2. The summed E-state index contributed by atoms with van der Waals surface area (Å²) >= 11 is 0. The van der Waals surface area contributed by atoms with Gasteiger partial charge in [-0.05, 0) is 19.3 Å². The minimum Gasteiger partial charge on any atom is -0.379 e. The fourth-order valence-corrected chi connectivity index (χ4v) is 1.35. The van der Waals surface area contributed by atoms with Gasteiger partial charge in [0, 0.05) is 26.1 Å². The molecule has 0 aliphatic carbocycles. The van der Waals surface area contributed by atoms with E-state index in [1.54, 1.807) is 0 Å². The molecule has 0 saturated carbocycles. The van der Waals surface area contributed by atoms with Crippen molar-refractivity contribution in [3.8, 4) is 0 Å². The topological polar surface area (TPSA) is 76.7 Å². The zero-order valence-corrected chi connectivity index (χ0v) is 14.9. The number of hydrogen-bond acceptors (Lipinski definition) is 4. The van der Waals surface area contributed by atoms with Crippen molar-refractivity contribution in [1.82, 2.24) is 10.6 Å². The molecule has 0 spiro atoms. The van der Waals surface area contributed by atoms with Crippen LogP contribution in [0.2, 0.25) is 0 Å². The first-order valence-corrected chi connectivity index (χ1v) is 8.25. The Kier molecular flexibility index (Phi) is 18.8. The molecule has 0 unspecified atom stereocenters. The first-order valence-electron chi connectivity index (χ1n) is 8.25. The molecule has 0 aromatic heterocycles. The number of rotatable bonds is 12. The fourth-order valence-electron chi connectivity index (χ4n) is 1.35. The van der Waals surface area contributed by atoms with Crippen LogP contribution in [0.4, 0.5) is 0 Å². The second-order valence-electron chi connectivity index (χ2n) is 4.90. The molecule has 0 aliphatic heterocycles. The van der Waals surface area contributed by atoms with E-state index in [4.69, 9.17) is 9.47 Å². The Balaban J connectivity index is 0. The molecule has 0 heterocycles. The quantitative estimate of drug-likeness (QED) is 0.537. The van der Waals surface area contributed by atoms with Crippen LogP contribution in [-0.4, -0.2) is 51.3 Å². The number of hydrogen-bond donors (Lipinski definition) is 2. The standard InChI is InChI=1S/C14H28N2O4.C2H6/c1-4-15-13(17)6-9-19-10-7-16-14(18)11-20-8-5-12(2)3;1-2/h12H,4-11H2,1-3H3,(H,15,17)(H,16,18);1-2H3. The minimum absolute atomic E-state index is 0.0184. The molecule has 0 aromatic carbocycles. The van der Waals surface area contributed by atoms with Crippen LogP contribution in [0.15, 0.2) is 0 Å². The van der Waals surface area contributed by atoms with E-state index in [2.05, 4.69) is 24.5 Å². The molecule has 0 bridgehead atoms. The van der Waals surface area contributed by atoms with E-state index in [1.807, 2.05) is 20.8 Å². The minimum atomic E-state index is -0.138. The maximum atomic E-state index is 11.4. The molecule has 0 saturated heterocycles. The van der Waals surface area contributed by atoms with Gasteiger partial charge in [-0.25, -0.2) is 0 Å². The highest BCUT2D eigenvalue weighted by atomic mass is 16.5. The largest absolute Gasteiger partial charge is 0.379 e. The van der Waals surface area contributed by atoms with E-state index in [0.717, 1.165) is 6.42 Å². The Hall–Kier alpha value is -1.14. The molecular weight excluding hydrogens is 284 g/mol. The van der Waals surface area contributed by atoms with Gasteiger partial charge in [-0.15, -0.1) is 0 Å². The third-order valence-electron chi connectivity index (χ3n) is 2.49.